The Morgan fingerprint density at radius 1 is 1.20 bits per heavy atom. The number of esters is 1. The number of aliphatic hydroxyl groups excluding tert-OH is 1. The van der Waals surface area contributed by atoms with E-state index in [0.717, 1.165) is 19.3 Å². The Hall–Kier alpha value is -2.19. The quantitative estimate of drug-likeness (QED) is 0.189. The summed E-state index contributed by atoms with van der Waals surface area (Å²) in [5, 5.41) is 10.3. The Labute approximate surface area is 241 Å². The lowest BCUT2D eigenvalue weighted by Crippen LogP contribution is -2.62. The van der Waals surface area contributed by atoms with Crippen LogP contribution in [0.3, 0.4) is 0 Å². The van der Waals surface area contributed by atoms with Gasteiger partial charge in [0.25, 0.3) is 0 Å². The van der Waals surface area contributed by atoms with Crippen LogP contribution in [0.15, 0.2) is 25.3 Å². The first-order valence-electron chi connectivity index (χ1n) is 15.0. The van der Waals surface area contributed by atoms with E-state index in [1.54, 1.807) is 11.0 Å². The zero-order valence-corrected chi connectivity index (χ0v) is 25.8. The lowest BCUT2D eigenvalue weighted by molar-refractivity contribution is -0.163. The molecule has 2 unspecified atom stereocenters. The van der Waals surface area contributed by atoms with Crippen molar-refractivity contribution >= 4 is 17.8 Å². The average Bonchev–Trinajstić information content (AvgIpc) is 3.42. The number of hydrogen-bond acceptors (Lipinski definition) is 6. The number of rotatable bonds is 14. The van der Waals surface area contributed by atoms with Gasteiger partial charge in [0.05, 0.1) is 30.8 Å². The lowest BCUT2D eigenvalue weighted by Gasteiger charge is -2.46. The molecule has 0 aliphatic carbocycles. The molecule has 1 N–H and O–H groups in total. The van der Waals surface area contributed by atoms with Gasteiger partial charge in [-0.25, -0.2) is 0 Å². The summed E-state index contributed by atoms with van der Waals surface area (Å²) in [6, 6.07) is -1.52. The second-order valence-corrected chi connectivity index (χ2v) is 14.0. The molecule has 0 saturated carbocycles. The second kappa shape index (κ2) is 12.0. The molecule has 6 atom stereocenters. The largest absolute Gasteiger partial charge is 0.465 e. The third-order valence-corrected chi connectivity index (χ3v) is 9.10. The number of fused-ring (bicyclic) bond motifs is 1. The van der Waals surface area contributed by atoms with Crippen LogP contribution in [0.2, 0.25) is 0 Å². The van der Waals surface area contributed by atoms with Gasteiger partial charge >= 0.3 is 5.97 Å². The minimum atomic E-state index is -1.16. The molecule has 3 fully saturated rings. The van der Waals surface area contributed by atoms with E-state index >= 15 is 0 Å². The second-order valence-electron chi connectivity index (χ2n) is 14.0. The van der Waals surface area contributed by atoms with Crippen molar-refractivity contribution in [3.63, 3.8) is 0 Å². The van der Waals surface area contributed by atoms with E-state index in [9.17, 15) is 19.5 Å². The summed E-state index contributed by atoms with van der Waals surface area (Å²) in [4.78, 5) is 45.9. The van der Waals surface area contributed by atoms with Crippen LogP contribution in [0.4, 0.5) is 0 Å². The molecule has 3 rings (SSSR count). The molecule has 40 heavy (non-hydrogen) atoms. The summed E-state index contributed by atoms with van der Waals surface area (Å²) in [5.74, 6) is -2.61. The maximum atomic E-state index is 14.7. The highest BCUT2D eigenvalue weighted by Crippen LogP contribution is 2.64. The first kappa shape index (κ1) is 32.3. The normalized spacial score (nSPS) is 30.2. The van der Waals surface area contributed by atoms with Crippen molar-refractivity contribution in [1.29, 1.82) is 0 Å². The average molecular weight is 561 g/mol. The summed E-state index contributed by atoms with van der Waals surface area (Å²) in [6.07, 6.45) is 8.20. The van der Waals surface area contributed by atoms with Crippen LogP contribution in [0.25, 0.3) is 0 Å². The predicted molar refractivity (Wildman–Crippen MR) is 155 cm³/mol. The van der Waals surface area contributed by atoms with Gasteiger partial charge in [-0.05, 0) is 71.1 Å². The summed E-state index contributed by atoms with van der Waals surface area (Å²) < 4.78 is 12.4. The van der Waals surface area contributed by atoms with Gasteiger partial charge in [0.2, 0.25) is 11.8 Å². The Morgan fingerprint density at radius 2 is 1.88 bits per heavy atom. The van der Waals surface area contributed by atoms with Crippen molar-refractivity contribution < 1.29 is 29.0 Å². The van der Waals surface area contributed by atoms with Gasteiger partial charge in [-0.3, -0.25) is 14.4 Å². The fraction of sp³-hybridized carbons (Fsp3) is 0.781. The molecule has 226 valence electrons. The van der Waals surface area contributed by atoms with E-state index in [4.69, 9.17) is 9.47 Å². The predicted octanol–water partition coefficient (Wildman–Crippen LogP) is 4.65. The fourth-order valence-electron chi connectivity index (χ4n) is 7.77. The van der Waals surface area contributed by atoms with E-state index in [0.29, 0.717) is 32.2 Å². The minimum absolute atomic E-state index is 0.0530. The summed E-state index contributed by atoms with van der Waals surface area (Å²) >= 11 is 0. The van der Waals surface area contributed by atoms with Crippen LogP contribution >= 0.6 is 0 Å². The molecule has 0 aromatic rings. The van der Waals surface area contributed by atoms with E-state index < -0.39 is 46.6 Å². The molecule has 1 spiro atoms. The van der Waals surface area contributed by atoms with Crippen molar-refractivity contribution in [2.75, 3.05) is 19.8 Å². The third-order valence-electron chi connectivity index (χ3n) is 9.10. The summed E-state index contributed by atoms with van der Waals surface area (Å²) in [6.45, 7) is 22.2. The maximum Gasteiger partial charge on any atom is 0.312 e. The lowest BCUT2D eigenvalue weighted by atomic mass is 9.66. The number of allylic oxidation sites excluding steroid dienone is 1. The van der Waals surface area contributed by atoms with Crippen molar-refractivity contribution in [2.24, 2.45) is 17.3 Å². The number of hydrogen-bond donors (Lipinski definition) is 1. The standard InChI is InChI=1S/C32H52N2O6/c1-10-13-14-15-19-39-28(38)24-23-26(36)34(22(12-3)20-35)25(32(23)17-16-31(24,9)40-32)27(37)33(18-11-2)30(7,8)21-29(4,5)6/h10-11,22-25,35H,1-2,12-21H2,3-9H3/t22-,23-,24-,25?,31+,32?/m0/s1. The minimum Gasteiger partial charge on any atom is -0.465 e. The highest BCUT2D eigenvalue weighted by atomic mass is 16.6. The molecule has 3 aliphatic heterocycles. The Balaban J connectivity index is 2.05. The third kappa shape index (κ3) is 5.76. The van der Waals surface area contributed by atoms with Gasteiger partial charge in [-0.15, -0.1) is 13.2 Å². The SMILES string of the molecule is C=CCCCCOC(=O)[C@@H]1[C@H]2C(=O)N([C@@H](CC)CO)C(C(=O)N(CC=C)C(C)(C)CC(C)(C)C)C23CC[C@@]1(C)O3. The number of aliphatic hydroxyl groups is 1. The monoisotopic (exact) mass is 560 g/mol. The van der Waals surface area contributed by atoms with E-state index in [2.05, 4.69) is 33.9 Å². The molecule has 8 heteroatoms. The van der Waals surface area contributed by atoms with Gasteiger partial charge in [-0.2, -0.15) is 0 Å². The van der Waals surface area contributed by atoms with Crippen molar-refractivity contribution in [3.8, 4) is 0 Å². The van der Waals surface area contributed by atoms with Crippen LogP contribution in [0, 0.1) is 17.3 Å². The molecule has 3 heterocycles. The van der Waals surface area contributed by atoms with Crippen LogP contribution in [0.1, 0.15) is 93.4 Å². The van der Waals surface area contributed by atoms with Gasteiger partial charge in [0.15, 0.2) is 0 Å². The molecule has 0 aromatic carbocycles. The van der Waals surface area contributed by atoms with E-state index in [1.807, 2.05) is 38.7 Å². The first-order chi connectivity index (χ1) is 18.6. The van der Waals surface area contributed by atoms with Crippen LogP contribution < -0.4 is 0 Å². The maximum absolute atomic E-state index is 14.7. The van der Waals surface area contributed by atoms with E-state index in [-0.39, 0.29) is 30.4 Å². The number of carbonyl (C=O) groups is 3. The zero-order valence-electron chi connectivity index (χ0n) is 25.8. The molecule has 0 radical (unpaired) electrons. The molecule has 2 amide bonds. The van der Waals surface area contributed by atoms with Gasteiger partial charge < -0.3 is 24.4 Å². The van der Waals surface area contributed by atoms with Crippen LogP contribution in [-0.2, 0) is 23.9 Å². The summed E-state index contributed by atoms with van der Waals surface area (Å²) in [7, 11) is 0. The van der Waals surface area contributed by atoms with Gasteiger partial charge in [0.1, 0.15) is 17.6 Å². The Bertz CT molecular complexity index is 982. The molecule has 2 bridgehead atoms. The molecule has 3 aliphatic rings. The van der Waals surface area contributed by atoms with Crippen LogP contribution in [0.5, 0.6) is 0 Å². The first-order valence-corrected chi connectivity index (χ1v) is 15.0. The number of unbranched alkanes of at least 4 members (excludes halogenated alkanes) is 2. The van der Waals surface area contributed by atoms with Crippen LogP contribution in [-0.4, -0.2) is 81.3 Å². The highest BCUT2D eigenvalue weighted by molar-refractivity contribution is 5.99. The number of ether oxygens (including phenoxy) is 2. The van der Waals surface area contributed by atoms with Gasteiger partial charge in [0, 0.05) is 12.1 Å². The van der Waals surface area contributed by atoms with Crippen molar-refractivity contribution in [3.05, 3.63) is 25.3 Å². The topological polar surface area (TPSA) is 96.4 Å². The Kier molecular flexibility index (Phi) is 9.67. The molecular weight excluding hydrogens is 508 g/mol. The smallest absolute Gasteiger partial charge is 0.312 e. The molecule has 8 nitrogen and oxygen atoms in total. The van der Waals surface area contributed by atoms with Crippen molar-refractivity contribution in [1.82, 2.24) is 9.80 Å². The summed E-state index contributed by atoms with van der Waals surface area (Å²) in [5.41, 5.74) is -2.65. The molecule has 3 saturated heterocycles. The zero-order chi connectivity index (χ0) is 30.1. The van der Waals surface area contributed by atoms with Crippen molar-refractivity contribution in [2.45, 2.75) is 122 Å². The number of nitrogens with zero attached hydrogens (tertiary/aromatic N) is 2. The Morgan fingerprint density at radius 3 is 2.42 bits per heavy atom. The molecule has 0 aromatic heterocycles. The number of amides is 2. The van der Waals surface area contributed by atoms with E-state index in [1.165, 1.54) is 0 Å². The highest BCUT2D eigenvalue weighted by Gasteiger charge is 2.79. The fourth-order valence-corrected chi connectivity index (χ4v) is 7.77. The van der Waals surface area contributed by atoms with Gasteiger partial charge in [-0.1, -0.05) is 39.8 Å². The number of likely N-dealkylation sites (tertiary alicyclic amines) is 1. The molecular formula is C32H52N2O6. The number of carbonyl (C=O) groups excluding carboxylic acids is 3.